The third kappa shape index (κ3) is 5.95. The number of ether oxygens (including phenoxy) is 1. The minimum absolute atomic E-state index is 0.512. The molecule has 0 atom stereocenters. The van der Waals surface area contributed by atoms with Gasteiger partial charge in [-0.3, -0.25) is 0 Å². The monoisotopic (exact) mass is 289 g/mol. The molecule has 0 aliphatic carbocycles. The largest absolute Gasteiger partial charge is 0.493 e. The fourth-order valence-electron chi connectivity index (χ4n) is 1.90. The van der Waals surface area contributed by atoms with Gasteiger partial charge in [-0.05, 0) is 25.1 Å². The maximum Gasteiger partial charge on any atom is 0.226 e. The summed E-state index contributed by atoms with van der Waals surface area (Å²) in [7, 11) is 0. The molecular weight excluding hydrogens is 266 g/mol. The number of nitrogens with one attached hydrogen (secondary N) is 1. The van der Waals surface area contributed by atoms with Gasteiger partial charge in [0.15, 0.2) is 5.82 Å². The Balaban J connectivity index is 1.66. The van der Waals surface area contributed by atoms with Gasteiger partial charge in [-0.25, -0.2) is 0 Å². The van der Waals surface area contributed by atoms with Crippen LogP contribution in [-0.4, -0.2) is 29.3 Å². The van der Waals surface area contributed by atoms with Crippen LogP contribution in [0.4, 0.5) is 0 Å². The molecule has 114 valence electrons. The highest BCUT2D eigenvalue weighted by molar-refractivity contribution is 5.20. The van der Waals surface area contributed by atoms with E-state index in [1.165, 1.54) is 0 Å². The molecule has 0 amide bonds. The van der Waals surface area contributed by atoms with Gasteiger partial charge in [-0.2, -0.15) is 4.98 Å². The third-order valence-electron chi connectivity index (χ3n) is 2.97. The predicted octanol–water partition coefficient (Wildman–Crippen LogP) is 2.62. The standard InChI is InChI=1S/C16H23N3O2/c1-13(2)17-11-6-9-16-18-15(19-21-16)10-12-20-14-7-4-3-5-8-14/h3-5,7-8,13,17H,6,9-12H2,1-2H3. The van der Waals surface area contributed by atoms with Crippen molar-refractivity contribution in [1.82, 2.24) is 15.5 Å². The quantitative estimate of drug-likeness (QED) is 0.719. The van der Waals surface area contributed by atoms with Crippen LogP contribution in [0.25, 0.3) is 0 Å². The number of para-hydroxylation sites is 1. The molecule has 0 radical (unpaired) electrons. The lowest BCUT2D eigenvalue weighted by Gasteiger charge is -2.05. The van der Waals surface area contributed by atoms with E-state index < -0.39 is 0 Å². The topological polar surface area (TPSA) is 60.2 Å². The first-order valence-corrected chi connectivity index (χ1v) is 7.47. The summed E-state index contributed by atoms with van der Waals surface area (Å²) in [4.78, 5) is 4.37. The van der Waals surface area contributed by atoms with Crippen molar-refractivity contribution in [2.24, 2.45) is 0 Å². The van der Waals surface area contributed by atoms with Gasteiger partial charge in [0.1, 0.15) is 5.75 Å². The number of benzene rings is 1. The molecule has 0 aliphatic heterocycles. The average molecular weight is 289 g/mol. The van der Waals surface area contributed by atoms with E-state index >= 15 is 0 Å². The van der Waals surface area contributed by atoms with Crippen LogP contribution in [0.3, 0.4) is 0 Å². The van der Waals surface area contributed by atoms with E-state index in [9.17, 15) is 0 Å². The van der Waals surface area contributed by atoms with Crippen LogP contribution in [0.1, 0.15) is 32.0 Å². The van der Waals surface area contributed by atoms with Gasteiger partial charge in [0.2, 0.25) is 5.89 Å². The Labute approximate surface area is 125 Å². The molecule has 21 heavy (non-hydrogen) atoms. The minimum atomic E-state index is 0.512. The second-order valence-corrected chi connectivity index (χ2v) is 5.23. The van der Waals surface area contributed by atoms with E-state index in [2.05, 4.69) is 29.3 Å². The highest BCUT2D eigenvalue weighted by atomic mass is 16.5. The number of aryl methyl sites for hydroxylation is 1. The number of hydrogen-bond donors (Lipinski definition) is 1. The molecule has 0 saturated heterocycles. The molecule has 2 aromatic rings. The van der Waals surface area contributed by atoms with Crippen LogP contribution in [0.2, 0.25) is 0 Å². The lowest BCUT2D eigenvalue weighted by molar-refractivity contribution is 0.313. The first-order chi connectivity index (χ1) is 10.2. The summed E-state index contributed by atoms with van der Waals surface area (Å²) in [5.41, 5.74) is 0. The second-order valence-electron chi connectivity index (χ2n) is 5.23. The predicted molar refractivity (Wildman–Crippen MR) is 81.4 cm³/mol. The summed E-state index contributed by atoms with van der Waals surface area (Å²) in [6, 6.07) is 10.2. The summed E-state index contributed by atoms with van der Waals surface area (Å²) in [6.07, 6.45) is 2.47. The highest BCUT2D eigenvalue weighted by Gasteiger charge is 2.06. The van der Waals surface area contributed by atoms with Crippen LogP contribution in [0.5, 0.6) is 5.75 Å². The Kier molecular flexibility index (Phi) is 6.22. The zero-order chi connectivity index (χ0) is 14.9. The zero-order valence-corrected chi connectivity index (χ0v) is 12.7. The maximum atomic E-state index is 5.61. The minimum Gasteiger partial charge on any atom is -0.493 e. The van der Waals surface area contributed by atoms with Gasteiger partial charge < -0.3 is 14.6 Å². The summed E-state index contributed by atoms with van der Waals surface area (Å²) in [6.45, 7) is 5.79. The van der Waals surface area contributed by atoms with E-state index in [0.29, 0.717) is 30.8 Å². The summed E-state index contributed by atoms with van der Waals surface area (Å²) >= 11 is 0. The fourth-order valence-corrected chi connectivity index (χ4v) is 1.90. The van der Waals surface area contributed by atoms with Crippen molar-refractivity contribution in [3.05, 3.63) is 42.0 Å². The maximum absolute atomic E-state index is 5.61. The van der Waals surface area contributed by atoms with Crippen LogP contribution in [0.15, 0.2) is 34.9 Å². The zero-order valence-electron chi connectivity index (χ0n) is 12.7. The van der Waals surface area contributed by atoms with Crippen molar-refractivity contribution < 1.29 is 9.26 Å². The Bertz CT molecular complexity index is 511. The molecule has 2 rings (SSSR count). The molecule has 1 N–H and O–H groups in total. The summed E-state index contributed by atoms with van der Waals surface area (Å²) < 4.78 is 10.8. The van der Waals surface area contributed by atoms with Crippen LogP contribution in [-0.2, 0) is 12.8 Å². The normalized spacial score (nSPS) is 11.0. The van der Waals surface area contributed by atoms with E-state index in [1.807, 2.05) is 30.3 Å². The Morgan fingerprint density at radius 3 is 2.76 bits per heavy atom. The van der Waals surface area contributed by atoms with Crippen molar-refractivity contribution in [3.63, 3.8) is 0 Å². The second kappa shape index (κ2) is 8.42. The van der Waals surface area contributed by atoms with E-state index in [-0.39, 0.29) is 0 Å². The van der Waals surface area contributed by atoms with Gasteiger partial charge in [0, 0.05) is 18.9 Å². The van der Waals surface area contributed by atoms with E-state index in [1.54, 1.807) is 0 Å². The van der Waals surface area contributed by atoms with E-state index in [0.717, 1.165) is 25.1 Å². The average Bonchev–Trinajstić information content (AvgIpc) is 2.92. The van der Waals surface area contributed by atoms with Crippen molar-refractivity contribution in [2.75, 3.05) is 13.2 Å². The van der Waals surface area contributed by atoms with Crippen LogP contribution < -0.4 is 10.1 Å². The van der Waals surface area contributed by atoms with Crippen molar-refractivity contribution in [2.45, 2.75) is 39.2 Å². The van der Waals surface area contributed by atoms with Gasteiger partial charge in [0.05, 0.1) is 6.61 Å². The first kappa shape index (κ1) is 15.5. The molecule has 0 spiro atoms. The molecule has 0 aliphatic rings. The number of hydrogen-bond acceptors (Lipinski definition) is 5. The summed E-state index contributed by atoms with van der Waals surface area (Å²) in [5, 5.41) is 7.34. The Hall–Kier alpha value is -1.88. The van der Waals surface area contributed by atoms with Gasteiger partial charge in [0.25, 0.3) is 0 Å². The van der Waals surface area contributed by atoms with Crippen molar-refractivity contribution in [1.29, 1.82) is 0 Å². The van der Waals surface area contributed by atoms with Gasteiger partial charge >= 0.3 is 0 Å². The molecule has 0 unspecified atom stereocenters. The molecular formula is C16H23N3O2. The van der Waals surface area contributed by atoms with Gasteiger partial charge in [-0.15, -0.1) is 0 Å². The van der Waals surface area contributed by atoms with E-state index in [4.69, 9.17) is 9.26 Å². The SMILES string of the molecule is CC(C)NCCCc1nc(CCOc2ccccc2)no1. The third-order valence-corrected chi connectivity index (χ3v) is 2.97. The molecule has 0 saturated carbocycles. The van der Waals surface area contributed by atoms with Crippen molar-refractivity contribution in [3.8, 4) is 5.75 Å². The lowest BCUT2D eigenvalue weighted by atomic mass is 10.3. The number of nitrogens with zero attached hydrogens (tertiary/aromatic N) is 2. The number of rotatable bonds is 9. The molecule has 0 bridgehead atoms. The first-order valence-electron chi connectivity index (χ1n) is 7.47. The van der Waals surface area contributed by atoms with Crippen LogP contribution >= 0.6 is 0 Å². The highest BCUT2D eigenvalue weighted by Crippen LogP contribution is 2.09. The fraction of sp³-hybridized carbons (Fsp3) is 0.500. The van der Waals surface area contributed by atoms with Crippen LogP contribution in [0, 0.1) is 0 Å². The molecule has 5 heteroatoms. The summed E-state index contributed by atoms with van der Waals surface area (Å²) in [5.74, 6) is 2.27. The lowest BCUT2D eigenvalue weighted by Crippen LogP contribution is -2.23. The Morgan fingerprint density at radius 2 is 2.00 bits per heavy atom. The molecule has 5 nitrogen and oxygen atoms in total. The number of aromatic nitrogens is 2. The molecule has 0 fully saturated rings. The molecule has 1 heterocycles. The Morgan fingerprint density at radius 1 is 1.19 bits per heavy atom. The van der Waals surface area contributed by atoms with Crippen molar-refractivity contribution >= 4 is 0 Å². The molecule has 1 aromatic heterocycles. The van der Waals surface area contributed by atoms with Gasteiger partial charge in [-0.1, -0.05) is 37.2 Å². The molecule has 1 aromatic carbocycles. The smallest absolute Gasteiger partial charge is 0.226 e.